The van der Waals surface area contributed by atoms with Gasteiger partial charge in [-0.3, -0.25) is 9.59 Å². The molecule has 0 radical (unpaired) electrons. The van der Waals surface area contributed by atoms with Crippen LogP contribution in [-0.4, -0.2) is 18.4 Å². The maximum absolute atomic E-state index is 11.7. The van der Waals surface area contributed by atoms with Gasteiger partial charge in [-0.2, -0.15) is 5.26 Å². The third kappa shape index (κ3) is 6.12. The van der Waals surface area contributed by atoms with E-state index < -0.39 is 0 Å². The molecule has 6 nitrogen and oxygen atoms in total. The first-order valence-electron chi connectivity index (χ1n) is 10.5. The molecule has 33 heavy (non-hydrogen) atoms. The first kappa shape index (κ1) is 23.8. The summed E-state index contributed by atoms with van der Waals surface area (Å²) in [5, 5.41) is 11.6. The maximum Gasteiger partial charge on any atom is 0.223 e. The number of nitrogen functional groups attached to an aromatic ring is 1. The van der Waals surface area contributed by atoms with Crippen molar-refractivity contribution in [1.82, 2.24) is 0 Å². The van der Waals surface area contributed by atoms with E-state index in [1.807, 2.05) is 47.4 Å². The van der Waals surface area contributed by atoms with Gasteiger partial charge in [0.15, 0.2) is 0 Å². The van der Waals surface area contributed by atoms with Crippen molar-refractivity contribution in [3.05, 3.63) is 76.8 Å². The van der Waals surface area contributed by atoms with Crippen LogP contribution in [0.15, 0.2) is 60.7 Å². The highest BCUT2D eigenvalue weighted by molar-refractivity contribution is 6.32. The summed E-state index contributed by atoms with van der Waals surface area (Å²) >= 11 is 5.63. The lowest BCUT2D eigenvalue weighted by Gasteiger charge is -2.29. The number of fused-ring (bicyclic) bond motifs is 1. The number of hydrogen-bond acceptors (Lipinski definition) is 4. The Hall–Kier alpha value is -3.82. The average molecular weight is 461 g/mol. The number of nitrogens with one attached hydrogen (secondary N) is 1. The minimum absolute atomic E-state index is 0.0790. The number of rotatable bonds is 2. The van der Waals surface area contributed by atoms with Crippen molar-refractivity contribution < 1.29 is 9.59 Å². The van der Waals surface area contributed by atoms with E-state index in [1.54, 1.807) is 25.1 Å². The summed E-state index contributed by atoms with van der Waals surface area (Å²) in [6, 6.07) is 20.7. The summed E-state index contributed by atoms with van der Waals surface area (Å²) in [6.07, 6.45) is 1.97. The number of nitrogens with zero attached hydrogens (tertiary/aromatic N) is 2. The zero-order valence-corrected chi connectivity index (χ0v) is 19.3. The number of carbonyl (C=O) groups is 2. The van der Waals surface area contributed by atoms with Gasteiger partial charge < -0.3 is 16.0 Å². The van der Waals surface area contributed by atoms with Crippen molar-refractivity contribution >= 4 is 40.5 Å². The summed E-state index contributed by atoms with van der Waals surface area (Å²) in [7, 11) is 0. The van der Waals surface area contributed by atoms with Crippen molar-refractivity contribution in [2.24, 2.45) is 0 Å². The second-order valence-electron chi connectivity index (χ2n) is 7.73. The molecule has 168 valence electrons. The fourth-order valence-electron chi connectivity index (χ4n) is 3.71. The van der Waals surface area contributed by atoms with E-state index in [4.69, 9.17) is 22.6 Å². The molecule has 0 fully saturated rings. The lowest BCUT2D eigenvalue weighted by atomic mass is 9.96. The molecular weight excluding hydrogens is 436 g/mol. The molecule has 3 aromatic carbocycles. The summed E-state index contributed by atoms with van der Waals surface area (Å²) in [4.78, 5) is 24.8. The normalized spacial score (nSPS) is 12.0. The molecule has 3 aromatic rings. The van der Waals surface area contributed by atoms with Crippen LogP contribution in [0.4, 0.5) is 17.1 Å². The first-order chi connectivity index (χ1) is 15.8. The predicted molar refractivity (Wildman–Crippen MR) is 133 cm³/mol. The number of halogens is 1. The van der Waals surface area contributed by atoms with Crippen LogP contribution in [0.1, 0.15) is 31.4 Å². The van der Waals surface area contributed by atoms with E-state index in [9.17, 15) is 9.59 Å². The zero-order valence-electron chi connectivity index (χ0n) is 18.6. The largest absolute Gasteiger partial charge is 0.399 e. The van der Waals surface area contributed by atoms with Crippen LogP contribution in [0.2, 0.25) is 5.02 Å². The lowest BCUT2D eigenvalue weighted by Crippen LogP contribution is -2.33. The highest BCUT2D eigenvalue weighted by atomic mass is 35.5. The van der Waals surface area contributed by atoms with E-state index >= 15 is 0 Å². The lowest BCUT2D eigenvalue weighted by molar-refractivity contribution is -0.116. The Kier molecular flexibility index (Phi) is 7.70. The van der Waals surface area contributed by atoms with Gasteiger partial charge in [-0.15, -0.1) is 0 Å². The van der Waals surface area contributed by atoms with Gasteiger partial charge in [0.25, 0.3) is 0 Å². The Morgan fingerprint density at radius 3 is 2.48 bits per heavy atom. The summed E-state index contributed by atoms with van der Waals surface area (Å²) < 4.78 is 0. The molecule has 2 amide bonds. The number of hydrogen-bond donors (Lipinski definition) is 2. The van der Waals surface area contributed by atoms with Crippen molar-refractivity contribution in [2.75, 3.05) is 22.5 Å². The Morgan fingerprint density at radius 2 is 1.82 bits per heavy atom. The molecule has 0 aliphatic carbocycles. The highest BCUT2D eigenvalue weighted by Crippen LogP contribution is 2.32. The van der Waals surface area contributed by atoms with E-state index in [2.05, 4.69) is 11.4 Å². The molecule has 3 N–H and O–H groups in total. The zero-order chi connectivity index (χ0) is 24.0. The van der Waals surface area contributed by atoms with E-state index in [1.165, 1.54) is 12.5 Å². The Balaban J connectivity index is 0.000000257. The van der Waals surface area contributed by atoms with Gasteiger partial charge in [-0.25, -0.2) is 0 Å². The molecule has 0 unspecified atom stereocenters. The van der Waals surface area contributed by atoms with Crippen LogP contribution >= 0.6 is 11.6 Å². The number of carbonyl (C=O) groups excluding carboxylic acids is 2. The van der Waals surface area contributed by atoms with Crippen LogP contribution in [-0.2, 0) is 16.0 Å². The maximum atomic E-state index is 11.7. The second kappa shape index (κ2) is 10.7. The molecule has 1 heterocycles. The summed E-state index contributed by atoms with van der Waals surface area (Å²) in [6.45, 7) is 3.90. The number of benzene rings is 3. The molecule has 1 aliphatic rings. The number of aryl methyl sites for hydroxylation is 1. The van der Waals surface area contributed by atoms with Gasteiger partial charge in [0.05, 0.1) is 10.6 Å². The van der Waals surface area contributed by atoms with Gasteiger partial charge >= 0.3 is 0 Å². The molecule has 7 heteroatoms. The molecule has 4 rings (SSSR count). The highest BCUT2D eigenvalue weighted by Gasteiger charge is 2.20. The minimum Gasteiger partial charge on any atom is -0.399 e. The van der Waals surface area contributed by atoms with Crippen molar-refractivity contribution in [2.45, 2.75) is 26.7 Å². The van der Waals surface area contributed by atoms with Gasteiger partial charge in [0.1, 0.15) is 6.07 Å². The van der Waals surface area contributed by atoms with Crippen LogP contribution in [0.25, 0.3) is 11.1 Å². The molecule has 0 atom stereocenters. The molecule has 1 aliphatic heterocycles. The van der Waals surface area contributed by atoms with Crippen molar-refractivity contribution in [3.8, 4) is 17.2 Å². The molecule has 0 saturated carbocycles. The fourth-order valence-corrected chi connectivity index (χ4v) is 3.94. The van der Waals surface area contributed by atoms with Gasteiger partial charge in [0.2, 0.25) is 11.8 Å². The van der Waals surface area contributed by atoms with Crippen molar-refractivity contribution in [1.29, 1.82) is 5.26 Å². The van der Waals surface area contributed by atoms with Gasteiger partial charge in [-0.05, 0) is 72.0 Å². The number of nitriles is 1. The van der Waals surface area contributed by atoms with Crippen LogP contribution in [0.5, 0.6) is 0 Å². The number of amides is 2. The first-order valence-corrected chi connectivity index (χ1v) is 10.9. The number of nitrogens with two attached hydrogens (primary N) is 1. The predicted octanol–water partition coefficient (Wildman–Crippen LogP) is 5.40. The average Bonchev–Trinajstić information content (AvgIpc) is 2.78. The third-order valence-corrected chi connectivity index (χ3v) is 5.52. The van der Waals surface area contributed by atoms with Crippen LogP contribution in [0, 0.1) is 11.3 Å². The monoisotopic (exact) mass is 460 g/mol. The van der Waals surface area contributed by atoms with Crippen molar-refractivity contribution in [3.63, 3.8) is 0 Å². The van der Waals surface area contributed by atoms with E-state index in [0.717, 1.165) is 41.9 Å². The molecule has 0 saturated heterocycles. The van der Waals surface area contributed by atoms with E-state index in [0.29, 0.717) is 16.3 Å². The SMILES string of the molecule is CC(=O)Nc1cccc(-c2ccc3c(c2)CCCN3C(C)=O)c1.N#Cc1ccc(N)cc1Cl. The standard InChI is InChI=1S/C19H20N2O2.C7H5ClN2/c1-13(22)20-18-7-3-5-15(12-18)16-8-9-19-17(11-16)6-4-10-21(19)14(2)23;8-7-3-6(10)2-1-5(7)4-9/h3,5,7-9,11-12H,4,6,10H2,1-2H3,(H,20,22);1-3H,10H2. The Morgan fingerprint density at radius 1 is 1.06 bits per heavy atom. The summed E-state index contributed by atoms with van der Waals surface area (Å²) in [5.41, 5.74) is 11.6. The minimum atomic E-state index is -0.0790. The molecule has 0 spiro atoms. The summed E-state index contributed by atoms with van der Waals surface area (Å²) in [5.74, 6) is 0.0102. The smallest absolute Gasteiger partial charge is 0.223 e. The topological polar surface area (TPSA) is 99.2 Å². The van der Waals surface area contributed by atoms with E-state index in [-0.39, 0.29) is 11.8 Å². The second-order valence-corrected chi connectivity index (χ2v) is 8.14. The van der Waals surface area contributed by atoms with Gasteiger partial charge in [-0.1, -0.05) is 29.8 Å². The fraction of sp³-hybridized carbons (Fsp3) is 0.192. The van der Waals surface area contributed by atoms with Gasteiger partial charge in [0, 0.05) is 37.5 Å². The third-order valence-electron chi connectivity index (χ3n) is 5.21. The Bertz CT molecular complexity index is 1230. The Labute approximate surface area is 198 Å². The molecular formula is C26H25ClN4O2. The molecule has 0 aromatic heterocycles. The van der Waals surface area contributed by atoms with Crippen LogP contribution < -0.4 is 16.0 Å². The van der Waals surface area contributed by atoms with Crippen LogP contribution in [0.3, 0.4) is 0 Å². The quantitative estimate of drug-likeness (QED) is 0.499. The number of anilines is 3. The molecule has 0 bridgehead atoms.